The Morgan fingerprint density at radius 1 is 0.479 bits per heavy atom. The van der Waals surface area contributed by atoms with Gasteiger partial charge in [-0.2, -0.15) is 0 Å². The minimum Gasteiger partial charge on any atom is -0.390 e. The molecule has 8 fully saturated rings. The van der Waals surface area contributed by atoms with E-state index < -0.39 is 11.2 Å². The van der Waals surface area contributed by atoms with Crippen LogP contribution in [0.5, 0.6) is 0 Å². The molecule has 8 rings (SSSR count). The molecule has 6 nitrogen and oxygen atoms in total. The lowest BCUT2D eigenvalue weighted by molar-refractivity contribution is -0.135. The van der Waals surface area contributed by atoms with Crippen molar-refractivity contribution in [3.8, 4) is 0 Å². The van der Waals surface area contributed by atoms with Crippen LogP contribution in [0.15, 0.2) is 0 Å². The first-order chi connectivity index (χ1) is 22.7. The molecular formula is C42H68O6. The average Bonchev–Trinajstić information content (AvgIpc) is 3.59. The van der Waals surface area contributed by atoms with E-state index in [0.29, 0.717) is 11.8 Å². The van der Waals surface area contributed by atoms with Crippen LogP contribution in [0.1, 0.15) is 143 Å². The minimum absolute atomic E-state index is 0.0841. The van der Waals surface area contributed by atoms with Gasteiger partial charge in [-0.15, -0.1) is 0 Å². The van der Waals surface area contributed by atoms with Gasteiger partial charge in [-0.1, -0.05) is 13.8 Å². The molecule has 0 radical (unpaired) electrons. The maximum Gasteiger partial charge on any atom is 0.161 e. The normalized spacial score (nSPS) is 53.8. The fourth-order valence-electron chi connectivity index (χ4n) is 15.4. The van der Waals surface area contributed by atoms with E-state index in [2.05, 4.69) is 13.8 Å². The number of fused-ring (bicyclic) bond motifs is 10. The Balaban J connectivity index is 0.000000152. The summed E-state index contributed by atoms with van der Waals surface area (Å²) in [4.78, 5) is 24.5. The molecule has 0 unspecified atom stereocenters. The van der Waals surface area contributed by atoms with Crippen LogP contribution >= 0.6 is 0 Å². The monoisotopic (exact) mass is 669 g/mol. The number of carbonyl (C=O) groups is 2. The highest BCUT2D eigenvalue weighted by atomic mass is 16.3. The molecule has 8 aliphatic rings. The molecule has 0 saturated heterocycles. The first kappa shape index (κ1) is 35.6. The van der Waals surface area contributed by atoms with Crippen LogP contribution in [0.3, 0.4) is 0 Å². The maximum atomic E-state index is 12.3. The molecule has 0 aromatic carbocycles. The average molecular weight is 669 g/mol. The zero-order valence-corrected chi connectivity index (χ0v) is 30.7. The van der Waals surface area contributed by atoms with Crippen LogP contribution in [-0.2, 0) is 9.59 Å². The van der Waals surface area contributed by atoms with E-state index in [-0.39, 0.29) is 47.4 Å². The summed E-state index contributed by atoms with van der Waals surface area (Å²) in [5.41, 5.74) is -0.617. The highest BCUT2D eigenvalue weighted by Gasteiger charge is 2.60. The summed E-state index contributed by atoms with van der Waals surface area (Å²) in [6.07, 6.45) is 20.6. The second kappa shape index (κ2) is 13.0. The molecule has 6 heteroatoms. The van der Waals surface area contributed by atoms with Gasteiger partial charge >= 0.3 is 0 Å². The summed E-state index contributed by atoms with van der Waals surface area (Å²) in [7, 11) is 0. The Kier molecular flexibility index (Phi) is 9.63. The SMILES string of the molecule is C[C@]1(O)CC[C@H]2[C@@H](CC[C@@H]3[C@@H]2CC[C@]2(C)[C@@H](C(=O)CO)CC[C@@H]32)C1.C[C@]1(O)CC[C@H]2[C@@H](CC[C@@H]3[C@@H]2CC[C@]2(C)[C@@H](C(=O)CO)CC[C@@H]32)C1. The third-order valence-electron chi connectivity index (χ3n) is 17.6. The van der Waals surface area contributed by atoms with E-state index in [1.165, 1.54) is 64.2 Å². The Hall–Kier alpha value is -0.820. The number of hydrogen-bond donors (Lipinski definition) is 4. The number of Topliss-reactive ketones (excluding diaryl/α,β-unsaturated/α-hetero) is 2. The smallest absolute Gasteiger partial charge is 0.161 e. The van der Waals surface area contributed by atoms with Crippen molar-refractivity contribution in [2.75, 3.05) is 13.2 Å². The molecule has 16 atom stereocenters. The molecule has 272 valence electrons. The topological polar surface area (TPSA) is 115 Å². The molecule has 0 aromatic heterocycles. The zero-order valence-electron chi connectivity index (χ0n) is 30.7. The molecule has 0 spiro atoms. The molecule has 0 amide bonds. The van der Waals surface area contributed by atoms with Gasteiger partial charge < -0.3 is 20.4 Å². The molecule has 8 saturated carbocycles. The van der Waals surface area contributed by atoms with E-state index >= 15 is 0 Å². The van der Waals surface area contributed by atoms with Gasteiger partial charge in [-0.3, -0.25) is 9.59 Å². The number of ketones is 2. The van der Waals surface area contributed by atoms with Crippen molar-refractivity contribution in [2.24, 2.45) is 81.8 Å². The highest BCUT2D eigenvalue weighted by molar-refractivity contribution is 5.83. The minimum atomic E-state index is -0.441. The van der Waals surface area contributed by atoms with Gasteiger partial charge in [0.25, 0.3) is 0 Å². The summed E-state index contributed by atoms with van der Waals surface area (Å²) in [5, 5.41) is 39.7. The fraction of sp³-hybridized carbons (Fsp3) is 0.952. The second-order valence-electron chi connectivity index (χ2n) is 19.9. The molecule has 0 heterocycles. The summed E-state index contributed by atoms with van der Waals surface area (Å²) >= 11 is 0. The molecule has 4 N–H and O–H groups in total. The van der Waals surface area contributed by atoms with Crippen LogP contribution in [0.25, 0.3) is 0 Å². The molecule has 8 aliphatic carbocycles. The van der Waals surface area contributed by atoms with Crippen molar-refractivity contribution in [3.05, 3.63) is 0 Å². The van der Waals surface area contributed by atoms with Gasteiger partial charge in [0.2, 0.25) is 0 Å². The number of aliphatic hydroxyl groups excluding tert-OH is 2. The predicted molar refractivity (Wildman–Crippen MR) is 187 cm³/mol. The first-order valence-corrected chi connectivity index (χ1v) is 20.4. The quantitative estimate of drug-likeness (QED) is 0.253. The van der Waals surface area contributed by atoms with Crippen LogP contribution < -0.4 is 0 Å². The number of rotatable bonds is 4. The van der Waals surface area contributed by atoms with Crippen molar-refractivity contribution in [1.29, 1.82) is 0 Å². The second-order valence-corrected chi connectivity index (χ2v) is 19.9. The Morgan fingerprint density at radius 2 is 0.854 bits per heavy atom. The van der Waals surface area contributed by atoms with Gasteiger partial charge in [0, 0.05) is 11.8 Å². The molecule has 0 bridgehead atoms. The van der Waals surface area contributed by atoms with Crippen molar-refractivity contribution >= 4 is 11.6 Å². The highest BCUT2D eigenvalue weighted by Crippen LogP contribution is 2.66. The Bertz CT molecular complexity index is 1120. The summed E-state index contributed by atoms with van der Waals surface area (Å²) in [6, 6.07) is 0. The lowest BCUT2D eigenvalue weighted by atomic mass is 9.49. The van der Waals surface area contributed by atoms with Gasteiger partial charge in [0.15, 0.2) is 11.6 Å². The number of aliphatic hydroxyl groups is 4. The van der Waals surface area contributed by atoms with Crippen molar-refractivity contribution in [3.63, 3.8) is 0 Å². The van der Waals surface area contributed by atoms with Gasteiger partial charge in [0.05, 0.1) is 11.2 Å². The van der Waals surface area contributed by atoms with Gasteiger partial charge in [-0.05, 0) is 199 Å². The Labute approximate surface area is 290 Å². The van der Waals surface area contributed by atoms with Gasteiger partial charge in [0.1, 0.15) is 13.2 Å². The van der Waals surface area contributed by atoms with Crippen LogP contribution in [-0.4, -0.2) is 56.4 Å². The zero-order chi connectivity index (χ0) is 34.2. The van der Waals surface area contributed by atoms with E-state index in [1.54, 1.807) is 0 Å². The number of carbonyl (C=O) groups excluding carboxylic acids is 2. The number of hydrogen-bond acceptors (Lipinski definition) is 6. The van der Waals surface area contributed by atoms with Crippen LogP contribution in [0.4, 0.5) is 0 Å². The maximum absolute atomic E-state index is 12.3. The summed E-state index contributed by atoms with van der Waals surface area (Å²) < 4.78 is 0. The molecule has 0 aromatic rings. The molecule has 0 aliphatic heterocycles. The van der Waals surface area contributed by atoms with Gasteiger partial charge in [-0.25, -0.2) is 0 Å². The summed E-state index contributed by atoms with van der Waals surface area (Å²) in [6.45, 7) is 8.18. The van der Waals surface area contributed by atoms with E-state index in [4.69, 9.17) is 0 Å². The third kappa shape index (κ3) is 6.01. The lowest BCUT2D eigenvalue weighted by Crippen LogP contribution is -2.51. The third-order valence-corrected chi connectivity index (χ3v) is 17.6. The van der Waals surface area contributed by atoms with Crippen molar-refractivity contribution in [1.82, 2.24) is 0 Å². The Morgan fingerprint density at radius 3 is 1.23 bits per heavy atom. The fourth-order valence-corrected chi connectivity index (χ4v) is 15.4. The predicted octanol–water partition coefficient (Wildman–Crippen LogP) is 7.14. The van der Waals surface area contributed by atoms with E-state index in [9.17, 15) is 30.0 Å². The molecular weight excluding hydrogens is 600 g/mol. The van der Waals surface area contributed by atoms with E-state index in [0.717, 1.165) is 98.7 Å². The van der Waals surface area contributed by atoms with E-state index in [1.807, 2.05) is 13.8 Å². The lowest BCUT2D eigenvalue weighted by Gasteiger charge is -2.56. The molecule has 48 heavy (non-hydrogen) atoms. The van der Waals surface area contributed by atoms with Crippen LogP contribution in [0, 0.1) is 81.8 Å². The standard InChI is InChI=1S/2C21H34O3/c2*1-20(24)9-7-14-13(11-20)3-4-16-15(14)8-10-21(2)17(16)5-6-18(21)19(23)12-22/h2*13-18,22,24H,3-12H2,1-2H3/t2*13-,14-,15+,16+,17-,18+,20-,21-/m00/s1. The van der Waals surface area contributed by atoms with Crippen molar-refractivity contribution in [2.45, 2.75) is 154 Å². The largest absolute Gasteiger partial charge is 0.390 e. The summed E-state index contributed by atoms with van der Waals surface area (Å²) in [5.74, 6) is 7.97. The first-order valence-electron chi connectivity index (χ1n) is 20.4. The van der Waals surface area contributed by atoms with Crippen LogP contribution in [0.2, 0.25) is 0 Å². The van der Waals surface area contributed by atoms with Crippen molar-refractivity contribution < 1.29 is 30.0 Å².